The van der Waals surface area contributed by atoms with Crippen LogP contribution in [0.1, 0.15) is 30.8 Å². The standard InChI is InChI=1S/C14H15N3O4/c1-3-14(2,13(19)20)16-12(18)10-7-11(21-17-10)9-5-4-6-15-8-9/h4-8H,3H2,1-2H3,(H,16,18)(H,19,20). The molecule has 110 valence electrons. The first-order valence-electron chi connectivity index (χ1n) is 6.39. The van der Waals surface area contributed by atoms with Gasteiger partial charge in [0.15, 0.2) is 11.5 Å². The van der Waals surface area contributed by atoms with E-state index >= 15 is 0 Å². The zero-order valence-electron chi connectivity index (χ0n) is 11.7. The van der Waals surface area contributed by atoms with Crippen LogP contribution in [-0.2, 0) is 4.79 Å². The van der Waals surface area contributed by atoms with Gasteiger partial charge in [-0.2, -0.15) is 0 Å². The van der Waals surface area contributed by atoms with E-state index in [0.717, 1.165) is 0 Å². The summed E-state index contributed by atoms with van der Waals surface area (Å²) < 4.78 is 5.08. The summed E-state index contributed by atoms with van der Waals surface area (Å²) in [6.07, 6.45) is 3.45. The van der Waals surface area contributed by atoms with Gasteiger partial charge in [-0.1, -0.05) is 12.1 Å². The van der Waals surface area contributed by atoms with Crippen molar-refractivity contribution in [3.63, 3.8) is 0 Å². The smallest absolute Gasteiger partial charge is 0.329 e. The number of carbonyl (C=O) groups is 2. The summed E-state index contributed by atoms with van der Waals surface area (Å²) in [7, 11) is 0. The van der Waals surface area contributed by atoms with Crippen molar-refractivity contribution < 1.29 is 19.2 Å². The number of aromatic nitrogens is 2. The normalized spacial score (nSPS) is 13.4. The number of hydrogen-bond acceptors (Lipinski definition) is 5. The molecule has 21 heavy (non-hydrogen) atoms. The van der Waals surface area contributed by atoms with E-state index in [-0.39, 0.29) is 12.1 Å². The Morgan fingerprint density at radius 2 is 2.24 bits per heavy atom. The van der Waals surface area contributed by atoms with Gasteiger partial charge in [0.05, 0.1) is 0 Å². The van der Waals surface area contributed by atoms with Gasteiger partial charge in [-0.25, -0.2) is 4.79 Å². The molecule has 0 aromatic carbocycles. The Labute approximate surface area is 121 Å². The molecule has 1 amide bonds. The second kappa shape index (κ2) is 5.74. The van der Waals surface area contributed by atoms with Crippen LogP contribution in [0.15, 0.2) is 35.1 Å². The van der Waals surface area contributed by atoms with Gasteiger partial charge in [0.1, 0.15) is 5.54 Å². The van der Waals surface area contributed by atoms with Crippen LogP contribution in [0, 0.1) is 0 Å². The van der Waals surface area contributed by atoms with Gasteiger partial charge in [0, 0.05) is 24.0 Å². The van der Waals surface area contributed by atoms with Crippen LogP contribution in [-0.4, -0.2) is 32.7 Å². The fourth-order valence-corrected chi connectivity index (χ4v) is 1.63. The summed E-state index contributed by atoms with van der Waals surface area (Å²) in [5.74, 6) is -1.31. The predicted molar refractivity (Wildman–Crippen MR) is 73.5 cm³/mol. The van der Waals surface area contributed by atoms with Crippen molar-refractivity contribution in [2.45, 2.75) is 25.8 Å². The van der Waals surface area contributed by atoms with Crippen LogP contribution in [0.3, 0.4) is 0 Å². The van der Waals surface area contributed by atoms with E-state index in [9.17, 15) is 9.59 Å². The van der Waals surface area contributed by atoms with E-state index in [1.54, 1.807) is 31.5 Å². The molecule has 1 atom stereocenters. The number of carboxylic acid groups (broad SMARTS) is 1. The van der Waals surface area contributed by atoms with Crippen molar-refractivity contribution in [3.05, 3.63) is 36.3 Å². The van der Waals surface area contributed by atoms with Gasteiger partial charge in [-0.05, 0) is 25.5 Å². The molecule has 0 aliphatic carbocycles. The summed E-state index contributed by atoms with van der Waals surface area (Å²) in [5, 5.41) is 15.3. The van der Waals surface area contributed by atoms with Crippen LogP contribution in [0.25, 0.3) is 11.3 Å². The van der Waals surface area contributed by atoms with E-state index in [1.165, 1.54) is 13.0 Å². The van der Waals surface area contributed by atoms with Crippen molar-refractivity contribution in [2.24, 2.45) is 0 Å². The van der Waals surface area contributed by atoms with Gasteiger partial charge in [-0.15, -0.1) is 0 Å². The number of pyridine rings is 1. The highest BCUT2D eigenvalue weighted by Crippen LogP contribution is 2.19. The first-order valence-corrected chi connectivity index (χ1v) is 6.39. The Morgan fingerprint density at radius 1 is 1.48 bits per heavy atom. The third-order valence-corrected chi connectivity index (χ3v) is 3.26. The second-order valence-electron chi connectivity index (χ2n) is 4.76. The maximum absolute atomic E-state index is 12.1. The minimum absolute atomic E-state index is 0.0229. The molecule has 2 heterocycles. The molecule has 1 unspecified atom stereocenters. The molecule has 0 radical (unpaired) electrons. The maximum atomic E-state index is 12.1. The fraction of sp³-hybridized carbons (Fsp3) is 0.286. The Balaban J connectivity index is 2.18. The van der Waals surface area contributed by atoms with E-state index in [2.05, 4.69) is 15.5 Å². The average molecular weight is 289 g/mol. The lowest BCUT2D eigenvalue weighted by Gasteiger charge is -2.23. The molecule has 0 aliphatic rings. The highest BCUT2D eigenvalue weighted by Gasteiger charge is 2.33. The minimum Gasteiger partial charge on any atom is -0.480 e. The fourth-order valence-electron chi connectivity index (χ4n) is 1.63. The molecule has 2 aromatic heterocycles. The van der Waals surface area contributed by atoms with Crippen molar-refractivity contribution in [3.8, 4) is 11.3 Å². The molecule has 2 aromatic rings. The number of hydrogen-bond donors (Lipinski definition) is 2. The summed E-state index contributed by atoms with van der Waals surface area (Å²) in [6, 6.07) is 4.95. The molecule has 0 saturated carbocycles. The minimum atomic E-state index is -1.34. The zero-order valence-corrected chi connectivity index (χ0v) is 11.7. The summed E-state index contributed by atoms with van der Waals surface area (Å²) in [6.45, 7) is 3.12. The molecule has 2 rings (SSSR count). The largest absolute Gasteiger partial charge is 0.480 e. The molecule has 0 aliphatic heterocycles. The number of carboxylic acids is 1. The first kappa shape index (κ1) is 14.7. The Morgan fingerprint density at radius 3 is 2.81 bits per heavy atom. The van der Waals surface area contributed by atoms with Crippen LogP contribution < -0.4 is 5.32 Å². The Bertz CT molecular complexity index is 653. The van der Waals surface area contributed by atoms with Crippen LogP contribution in [0.2, 0.25) is 0 Å². The van der Waals surface area contributed by atoms with E-state index in [4.69, 9.17) is 9.63 Å². The van der Waals surface area contributed by atoms with Gasteiger partial charge >= 0.3 is 5.97 Å². The SMILES string of the molecule is CCC(C)(NC(=O)c1cc(-c2cccnc2)on1)C(=O)O. The molecule has 0 spiro atoms. The number of nitrogens with zero attached hydrogens (tertiary/aromatic N) is 2. The highest BCUT2D eigenvalue weighted by atomic mass is 16.5. The molecular weight excluding hydrogens is 274 g/mol. The van der Waals surface area contributed by atoms with Gasteiger partial charge in [0.2, 0.25) is 0 Å². The summed E-state index contributed by atoms with van der Waals surface area (Å²) in [4.78, 5) is 27.2. The van der Waals surface area contributed by atoms with E-state index < -0.39 is 17.4 Å². The second-order valence-corrected chi connectivity index (χ2v) is 4.76. The molecule has 7 heteroatoms. The first-order chi connectivity index (χ1) is 9.96. The van der Waals surface area contributed by atoms with Gasteiger partial charge in [-0.3, -0.25) is 9.78 Å². The number of aliphatic carboxylic acids is 1. The number of rotatable bonds is 5. The maximum Gasteiger partial charge on any atom is 0.329 e. The average Bonchev–Trinajstić information content (AvgIpc) is 2.97. The Hall–Kier alpha value is -2.70. The lowest BCUT2D eigenvalue weighted by molar-refractivity contribution is -0.143. The Kier molecular flexibility index (Phi) is 4.02. The third-order valence-electron chi connectivity index (χ3n) is 3.26. The lowest BCUT2D eigenvalue weighted by Crippen LogP contribution is -2.51. The molecular formula is C14H15N3O4. The van der Waals surface area contributed by atoms with Crippen molar-refractivity contribution in [1.29, 1.82) is 0 Å². The van der Waals surface area contributed by atoms with Crippen LogP contribution in [0.5, 0.6) is 0 Å². The predicted octanol–water partition coefficient (Wildman–Crippen LogP) is 1.72. The van der Waals surface area contributed by atoms with E-state index in [0.29, 0.717) is 11.3 Å². The van der Waals surface area contributed by atoms with Crippen molar-refractivity contribution >= 4 is 11.9 Å². The lowest BCUT2D eigenvalue weighted by atomic mass is 9.99. The highest BCUT2D eigenvalue weighted by molar-refractivity contribution is 5.96. The molecule has 0 bridgehead atoms. The van der Waals surface area contributed by atoms with Crippen LogP contribution >= 0.6 is 0 Å². The topological polar surface area (TPSA) is 105 Å². The monoisotopic (exact) mass is 289 g/mol. The molecule has 7 nitrogen and oxygen atoms in total. The molecule has 0 fully saturated rings. The quantitative estimate of drug-likeness (QED) is 0.868. The molecule has 0 saturated heterocycles. The number of carbonyl (C=O) groups excluding carboxylic acids is 1. The number of nitrogens with one attached hydrogen (secondary N) is 1. The zero-order chi connectivity index (χ0) is 15.5. The third kappa shape index (κ3) is 3.07. The van der Waals surface area contributed by atoms with Crippen LogP contribution in [0.4, 0.5) is 0 Å². The van der Waals surface area contributed by atoms with Crippen molar-refractivity contribution in [2.75, 3.05) is 0 Å². The van der Waals surface area contributed by atoms with E-state index in [1.807, 2.05) is 0 Å². The van der Waals surface area contributed by atoms with Gasteiger partial charge in [0.25, 0.3) is 5.91 Å². The molecule has 2 N–H and O–H groups in total. The number of amides is 1. The summed E-state index contributed by atoms with van der Waals surface area (Å²) in [5.41, 5.74) is -0.639. The summed E-state index contributed by atoms with van der Waals surface area (Å²) >= 11 is 0. The van der Waals surface area contributed by atoms with Crippen molar-refractivity contribution in [1.82, 2.24) is 15.5 Å². The van der Waals surface area contributed by atoms with Gasteiger partial charge < -0.3 is 14.9 Å².